The molecule has 0 aliphatic carbocycles. The maximum Gasteiger partial charge on any atom is 0.185 e. The van der Waals surface area contributed by atoms with Crippen LogP contribution in [0.5, 0.6) is 17.2 Å². The van der Waals surface area contributed by atoms with Gasteiger partial charge < -0.3 is 14.2 Å². The minimum atomic E-state index is -0.114. The monoisotopic (exact) mass is 464 g/mol. The van der Waals surface area contributed by atoms with E-state index < -0.39 is 0 Å². The maximum atomic E-state index is 12.8. The van der Waals surface area contributed by atoms with Gasteiger partial charge in [-0.3, -0.25) is 4.79 Å². The molecule has 0 bridgehead atoms. The molecule has 2 rings (SSSR count). The van der Waals surface area contributed by atoms with E-state index in [4.69, 9.17) is 14.2 Å². The Balaban J connectivity index is 2.34. The quantitative estimate of drug-likeness (QED) is 0.124. The first-order valence-electron chi connectivity index (χ1n) is 12.3. The fraction of sp³-hybridized carbons (Fsp3) is 0.433. The molecule has 0 unspecified atom stereocenters. The van der Waals surface area contributed by atoms with Gasteiger partial charge >= 0.3 is 0 Å². The summed E-state index contributed by atoms with van der Waals surface area (Å²) in [4.78, 5) is 12.8. The summed E-state index contributed by atoms with van der Waals surface area (Å²) in [5.74, 6) is 2.23. The molecule has 0 aliphatic rings. The van der Waals surface area contributed by atoms with Crippen LogP contribution in [-0.2, 0) is 5.41 Å². The van der Waals surface area contributed by atoms with Gasteiger partial charge in [0.15, 0.2) is 5.78 Å². The molecule has 0 radical (unpaired) electrons. The van der Waals surface area contributed by atoms with E-state index in [1.807, 2.05) is 12.1 Å². The Labute approximate surface area is 205 Å². The van der Waals surface area contributed by atoms with Gasteiger partial charge in [-0.05, 0) is 60.7 Å². The van der Waals surface area contributed by atoms with Gasteiger partial charge in [-0.25, -0.2) is 0 Å². The van der Waals surface area contributed by atoms with Crippen molar-refractivity contribution in [1.82, 2.24) is 0 Å². The average molecular weight is 465 g/mol. The van der Waals surface area contributed by atoms with Crippen LogP contribution in [0.3, 0.4) is 0 Å². The highest BCUT2D eigenvalue weighted by Gasteiger charge is 2.22. The molecule has 0 spiro atoms. The summed E-state index contributed by atoms with van der Waals surface area (Å²) in [6.45, 7) is 16.2. The van der Waals surface area contributed by atoms with Crippen LogP contribution in [0.2, 0.25) is 0 Å². The van der Waals surface area contributed by atoms with Gasteiger partial charge in [-0.1, -0.05) is 60.1 Å². The van der Waals surface area contributed by atoms with Crippen LogP contribution >= 0.6 is 0 Å². The van der Waals surface area contributed by atoms with Crippen molar-refractivity contribution in [2.24, 2.45) is 0 Å². The second-order valence-electron chi connectivity index (χ2n) is 9.36. The van der Waals surface area contributed by atoms with Crippen molar-refractivity contribution in [3.63, 3.8) is 0 Å². The lowest BCUT2D eigenvalue weighted by Crippen LogP contribution is -2.15. The van der Waals surface area contributed by atoms with Gasteiger partial charge in [-0.2, -0.15) is 0 Å². The molecule has 2 aromatic carbocycles. The lowest BCUT2D eigenvalue weighted by atomic mass is 9.85. The summed E-state index contributed by atoms with van der Waals surface area (Å²) in [6.07, 6.45) is 9.24. The number of carbonyl (C=O) groups excluding carboxylic acids is 1. The summed E-state index contributed by atoms with van der Waals surface area (Å²) in [7, 11) is 0. The average Bonchev–Trinajstić information content (AvgIpc) is 2.81. The Kier molecular flexibility index (Phi) is 10.9. The van der Waals surface area contributed by atoms with Gasteiger partial charge in [0.05, 0.1) is 13.2 Å². The number of carbonyl (C=O) groups is 1. The van der Waals surface area contributed by atoms with E-state index in [1.54, 1.807) is 36.4 Å². The molecule has 0 fully saturated rings. The van der Waals surface area contributed by atoms with Gasteiger partial charge in [0.2, 0.25) is 0 Å². The van der Waals surface area contributed by atoms with Gasteiger partial charge in [0.1, 0.15) is 23.9 Å². The Morgan fingerprint density at radius 2 is 1.53 bits per heavy atom. The third-order valence-corrected chi connectivity index (χ3v) is 5.35. The highest BCUT2D eigenvalue weighted by atomic mass is 16.5. The molecular formula is C30H40O4. The first-order valence-corrected chi connectivity index (χ1v) is 12.3. The fourth-order valence-corrected chi connectivity index (χ4v) is 3.32. The molecule has 4 nitrogen and oxygen atoms in total. The molecule has 0 saturated carbocycles. The summed E-state index contributed by atoms with van der Waals surface area (Å²) in [5, 5.41) is 0. The maximum absolute atomic E-state index is 12.8. The summed E-state index contributed by atoms with van der Waals surface area (Å²) >= 11 is 0. The van der Waals surface area contributed by atoms with Crippen molar-refractivity contribution in [3.8, 4) is 17.2 Å². The summed E-state index contributed by atoms with van der Waals surface area (Å²) < 4.78 is 17.8. The minimum absolute atomic E-state index is 0.0737. The van der Waals surface area contributed by atoms with E-state index in [0.29, 0.717) is 31.1 Å². The number of rotatable bonds is 14. The number of ketones is 1. The predicted molar refractivity (Wildman–Crippen MR) is 141 cm³/mol. The second kappa shape index (κ2) is 13.6. The molecule has 4 heteroatoms. The number of unbranched alkanes of at least 4 members (excludes halogenated alkanes) is 2. The number of hydrogen-bond acceptors (Lipinski definition) is 4. The van der Waals surface area contributed by atoms with Crippen molar-refractivity contribution >= 4 is 11.9 Å². The third kappa shape index (κ3) is 8.40. The Bertz CT molecular complexity index is 949. The number of hydrogen-bond donors (Lipinski definition) is 0. The lowest BCUT2D eigenvalue weighted by molar-refractivity contribution is 0.104. The standard InChI is InChI=1S/C30H40O4/c1-7-10-19-33-28-22-29(34-20-11-8-2)26(30(4,5)6)21-24(28)14-17-27(31)23-12-15-25(16-13-23)32-18-9-3/h9,12-17,21-22H,3,7-8,10-11,18-20H2,1-2,4-6H3. The van der Waals surface area contributed by atoms with Crippen molar-refractivity contribution < 1.29 is 19.0 Å². The van der Waals surface area contributed by atoms with E-state index in [2.05, 4.69) is 47.3 Å². The van der Waals surface area contributed by atoms with Crippen LogP contribution in [0.1, 0.15) is 81.8 Å². The first-order chi connectivity index (χ1) is 16.3. The number of benzene rings is 2. The molecule has 0 atom stereocenters. The minimum Gasteiger partial charge on any atom is -0.493 e. The van der Waals surface area contributed by atoms with E-state index >= 15 is 0 Å². The van der Waals surface area contributed by atoms with Crippen LogP contribution in [-0.4, -0.2) is 25.6 Å². The van der Waals surface area contributed by atoms with Crippen LogP contribution in [0, 0.1) is 0 Å². The summed E-state index contributed by atoms with van der Waals surface area (Å²) in [5.41, 5.74) is 2.47. The van der Waals surface area contributed by atoms with Crippen LogP contribution < -0.4 is 14.2 Å². The molecule has 0 heterocycles. The third-order valence-electron chi connectivity index (χ3n) is 5.35. The van der Waals surface area contributed by atoms with Gasteiger partial charge in [0.25, 0.3) is 0 Å². The highest BCUT2D eigenvalue weighted by molar-refractivity contribution is 6.07. The van der Waals surface area contributed by atoms with Crippen molar-refractivity contribution in [3.05, 3.63) is 71.8 Å². The van der Waals surface area contributed by atoms with E-state index in [9.17, 15) is 4.79 Å². The summed E-state index contributed by atoms with van der Waals surface area (Å²) in [6, 6.07) is 11.2. The van der Waals surface area contributed by atoms with Crippen LogP contribution in [0.15, 0.2) is 55.1 Å². The topological polar surface area (TPSA) is 44.8 Å². The van der Waals surface area contributed by atoms with Crippen molar-refractivity contribution in [2.75, 3.05) is 19.8 Å². The molecule has 2 aromatic rings. The predicted octanol–water partition coefficient (Wildman–Crippen LogP) is 7.80. The van der Waals surface area contributed by atoms with E-state index in [1.165, 1.54) is 0 Å². The zero-order valence-electron chi connectivity index (χ0n) is 21.5. The lowest BCUT2D eigenvalue weighted by Gasteiger charge is -2.25. The van der Waals surface area contributed by atoms with E-state index in [-0.39, 0.29) is 11.2 Å². The Morgan fingerprint density at radius 3 is 2.09 bits per heavy atom. The zero-order valence-corrected chi connectivity index (χ0v) is 21.5. The molecule has 34 heavy (non-hydrogen) atoms. The fourth-order valence-electron chi connectivity index (χ4n) is 3.32. The van der Waals surface area contributed by atoms with Crippen molar-refractivity contribution in [2.45, 2.75) is 65.7 Å². The van der Waals surface area contributed by atoms with Gasteiger partial charge in [-0.15, -0.1) is 0 Å². The van der Waals surface area contributed by atoms with Crippen molar-refractivity contribution in [1.29, 1.82) is 0 Å². The molecule has 184 valence electrons. The number of ether oxygens (including phenoxy) is 3. The highest BCUT2D eigenvalue weighted by Crippen LogP contribution is 2.38. The molecule has 0 N–H and O–H groups in total. The van der Waals surface area contributed by atoms with Crippen LogP contribution in [0.4, 0.5) is 0 Å². The van der Waals surface area contributed by atoms with Gasteiger partial charge in [0, 0.05) is 22.8 Å². The molecule has 0 amide bonds. The molecular weight excluding hydrogens is 424 g/mol. The second-order valence-corrected chi connectivity index (χ2v) is 9.36. The Morgan fingerprint density at radius 1 is 0.912 bits per heavy atom. The van der Waals surface area contributed by atoms with E-state index in [0.717, 1.165) is 48.3 Å². The smallest absolute Gasteiger partial charge is 0.185 e. The van der Waals surface area contributed by atoms with Crippen LogP contribution in [0.25, 0.3) is 6.08 Å². The SMILES string of the molecule is C=CCOc1ccc(C(=O)C=Cc2cc(C(C)(C)C)c(OCCCC)cc2OCCCC)cc1. The Hall–Kier alpha value is -3.01. The normalized spacial score (nSPS) is 11.4. The zero-order chi connectivity index (χ0) is 25.0. The first kappa shape index (κ1) is 27.2. The molecule has 0 saturated heterocycles. The molecule has 0 aliphatic heterocycles. The largest absolute Gasteiger partial charge is 0.493 e. The number of allylic oxidation sites excluding steroid dienone is 1. The molecule has 0 aromatic heterocycles.